The first-order valence-corrected chi connectivity index (χ1v) is 11.1. The molecule has 0 heterocycles. The molecule has 0 atom stereocenters. The number of ether oxygens (including phenoxy) is 2. The van der Waals surface area contributed by atoms with Crippen LogP contribution in [0.2, 0.25) is 10.0 Å². The van der Waals surface area contributed by atoms with Gasteiger partial charge in [0.15, 0.2) is 11.5 Å². The quantitative estimate of drug-likeness (QED) is 0.348. The summed E-state index contributed by atoms with van der Waals surface area (Å²) >= 11 is 12.7. The summed E-state index contributed by atoms with van der Waals surface area (Å²) < 4.78 is 10.7. The summed E-state index contributed by atoms with van der Waals surface area (Å²) in [6, 6.07) is 13.6. The molecular weight excluding hydrogens is 497 g/mol. The van der Waals surface area contributed by atoms with E-state index in [-0.39, 0.29) is 45.2 Å². The minimum absolute atomic E-state index is 0.00985. The Morgan fingerprint density at radius 2 is 1.60 bits per heavy atom. The first-order valence-electron chi connectivity index (χ1n) is 10.4. The molecule has 182 valence electrons. The molecule has 0 radical (unpaired) electrons. The van der Waals surface area contributed by atoms with E-state index in [1.54, 1.807) is 31.2 Å². The fourth-order valence-corrected chi connectivity index (χ4v) is 3.69. The number of halogens is 2. The lowest BCUT2D eigenvalue weighted by Crippen LogP contribution is -2.36. The highest BCUT2D eigenvalue weighted by molar-refractivity contribution is 6.37. The Morgan fingerprint density at radius 3 is 2.17 bits per heavy atom. The summed E-state index contributed by atoms with van der Waals surface area (Å²) in [6.07, 6.45) is -0.881. The molecule has 0 fully saturated rings. The van der Waals surface area contributed by atoms with Crippen molar-refractivity contribution in [2.24, 2.45) is 0 Å². The summed E-state index contributed by atoms with van der Waals surface area (Å²) in [5.74, 6) is -1.72. The van der Waals surface area contributed by atoms with Crippen LogP contribution < -0.4 is 9.64 Å². The second-order valence-corrected chi connectivity index (χ2v) is 8.21. The van der Waals surface area contributed by atoms with Gasteiger partial charge in [0.2, 0.25) is 0 Å². The van der Waals surface area contributed by atoms with Crippen molar-refractivity contribution >= 4 is 46.7 Å². The Morgan fingerprint density at radius 1 is 0.971 bits per heavy atom. The molecule has 0 bridgehead atoms. The van der Waals surface area contributed by atoms with Crippen LogP contribution in [0.1, 0.15) is 28.4 Å². The van der Waals surface area contributed by atoms with Crippen molar-refractivity contribution < 1.29 is 34.1 Å². The Kier molecular flexibility index (Phi) is 8.22. The van der Waals surface area contributed by atoms with Gasteiger partial charge < -0.3 is 19.7 Å². The van der Waals surface area contributed by atoms with Gasteiger partial charge in [0.05, 0.1) is 27.9 Å². The number of anilines is 1. The molecule has 35 heavy (non-hydrogen) atoms. The Balaban J connectivity index is 1.92. The van der Waals surface area contributed by atoms with Crippen molar-refractivity contribution in [3.63, 3.8) is 0 Å². The number of aliphatic carboxylic acids is 1. The highest BCUT2D eigenvalue weighted by Gasteiger charge is 2.23. The number of carbonyl (C=O) groups is 3. The van der Waals surface area contributed by atoms with Gasteiger partial charge in [-0.15, -0.1) is 0 Å². The van der Waals surface area contributed by atoms with E-state index in [2.05, 4.69) is 0 Å². The number of hydrogen-bond donors (Lipinski definition) is 2. The number of carboxylic acids is 1. The smallest absolute Gasteiger partial charge is 0.414 e. The predicted octanol–water partition coefficient (Wildman–Crippen LogP) is 6.08. The van der Waals surface area contributed by atoms with E-state index in [1.807, 2.05) is 6.92 Å². The van der Waals surface area contributed by atoms with E-state index in [9.17, 15) is 19.5 Å². The molecule has 0 saturated heterocycles. The molecule has 10 heteroatoms. The fraction of sp³-hybridized carbons (Fsp3) is 0.160. The molecule has 0 aliphatic rings. The highest BCUT2D eigenvalue weighted by atomic mass is 35.5. The van der Waals surface area contributed by atoms with Gasteiger partial charge in [0.1, 0.15) is 18.0 Å². The lowest BCUT2D eigenvalue weighted by atomic mass is 10.0. The zero-order chi connectivity index (χ0) is 25.7. The first kappa shape index (κ1) is 25.9. The molecule has 2 N–H and O–H groups in total. The number of carbonyl (C=O) groups excluding carboxylic acids is 2. The van der Waals surface area contributed by atoms with Gasteiger partial charge in [-0.2, -0.15) is 0 Å². The summed E-state index contributed by atoms with van der Waals surface area (Å²) in [5.41, 5.74) is 1.49. The van der Waals surface area contributed by atoms with Gasteiger partial charge >= 0.3 is 12.1 Å². The van der Waals surface area contributed by atoms with E-state index in [4.69, 9.17) is 37.8 Å². The van der Waals surface area contributed by atoms with E-state index in [0.29, 0.717) is 5.56 Å². The summed E-state index contributed by atoms with van der Waals surface area (Å²) in [7, 11) is 0. The number of phenols is 1. The standard InChI is InChI=1S/C25H21Cl2NO7/c1-3-34-25(33)28(13-22(30)31)16-10-19(26)24(20(27)11-16)35-17-8-9-21(29)18(12-17)23(32)15-6-4-14(2)5-7-15/h4-12,29H,3,13H2,1-2H3,(H,30,31). The average molecular weight is 518 g/mol. The van der Waals surface area contributed by atoms with Crippen molar-refractivity contribution in [2.75, 3.05) is 18.1 Å². The Bertz CT molecular complexity index is 1250. The van der Waals surface area contributed by atoms with Crippen molar-refractivity contribution in [3.8, 4) is 17.2 Å². The minimum Gasteiger partial charge on any atom is -0.507 e. The van der Waals surface area contributed by atoms with Gasteiger partial charge in [-0.1, -0.05) is 53.0 Å². The normalized spacial score (nSPS) is 10.5. The van der Waals surface area contributed by atoms with Crippen LogP contribution in [0, 0.1) is 6.92 Å². The Hall–Kier alpha value is -3.75. The molecular formula is C25H21Cl2NO7. The Labute approximate surface area is 211 Å². The number of rotatable bonds is 8. The monoisotopic (exact) mass is 517 g/mol. The van der Waals surface area contributed by atoms with Crippen LogP contribution in [0.15, 0.2) is 54.6 Å². The van der Waals surface area contributed by atoms with Gasteiger partial charge in [-0.3, -0.25) is 14.5 Å². The number of benzene rings is 3. The van der Waals surface area contributed by atoms with Crippen LogP contribution in [0.25, 0.3) is 0 Å². The van der Waals surface area contributed by atoms with E-state index >= 15 is 0 Å². The zero-order valence-electron chi connectivity index (χ0n) is 18.7. The van der Waals surface area contributed by atoms with Crippen molar-refractivity contribution in [1.82, 2.24) is 0 Å². The molecule has 0 aliphatic carbocycles. The molecule has 3 aromatic carbocycles. The highest BCUT2D eigenvalue weighted by Crippen LogP contribution is 2.40. The second kappa shape index (κ2) is 11.1. The molecule has 0 saturated carbocycles. The van der Waals surface area contributed by atoms with Crippen LogP contribution >= 0.6 is 23.2 Å². The van der Waals surface area contributed by atoms with E-state index in [1.165, 1.54) is 30.3 Å². The molecule has 0 unspecified atom stereocenters. The topological polar surface area (TPSA) is 113 Å². The number of ketones is 1. The zero-order valence-corrected chi connectivity index (χ0v) is 20.3. The number of aryl methyl sites for hydroxylation is 1. The molecule has 0 aromatic heterocycles. The maximum atomic E-state index is 12.9. The van der Waals surface area contributed by atoms with Gasteiger partial charge in [-0.05, 0) is 44.2 Å². The second-order valence-electron chi connectivity index (χ2n) is 7.39. The van der Waals surface area contributed by atoms with Crippen LogP contribution in [0.5, 0.6) is 17.2 Å². The van der Waals surface area contributed by atoms with Gasteiger partial charge in [-0.25, -0.2) is 4.79 Å². The van der Waals surface area contributed by atoms with Gasteiger partial charge in [0, 0.05) is 5.56 Å². The molecule has 3 aromatic rings. The molecule has 0 aliphatic heterocycles. The molecule has 0 spiro atoms. The number of aromatic hydroxyl groups is 1. The largest absolute Gasteiger partial charge is 0.507 e. The van der Waals surface area contributed by atoms with Crippen LogP contribution in [-0.2, 0) is 9.53 Å². The lowest BCUT2D eigenvalue weighted by molar-refractivity contribution is -0.135. The van der Waals surface area contributed by atoms with E-state index < -0.39 is 24.4 Å². The van der Waals surface area contributed by atoms with Crippen LogP contribution in [-0.4, -0.2) is 41.2 Å². The van der Waals surface area contributed by atoms with Crippen LogP contribution in [0.3, 0.4) is 0 Å². The third-order valence-electron chi connectivity index (χ3n) is 4.82. The first-order chi connectivity index (χ1) is 16.6. The molecule has 1 amide bonds. The summed E-state index contributed by atoms with van der Waals surface area (Å²) in [6.45, 7) is 2.85. The number of phenolic OH excluding ortho intramolecular Hbond substituents is 1. The van der Waals surface area contributed by atoms with Gasteiger partial charge in [0.25, 0.3) is 0 Å². The third-order valence-corrected chi connectivity index (χ3v) is 5.38. The fourth-order valence-electron chi connectivity index (χ4n) is 3.14. The third kappa shape index (κ3) is 6.23. The van der Waals surface area contributed by atoms with Crippen molar-refractivity contribution in [2.45, 2.75) is 13.8 Å². The number of nitrogens with zero attached hydrogens (tertiary/aromatic N) is 1. The number of amides is 1. The lowest BCUT2D eigenvalue weighted by Gasteiger charge is -2.21. The van der Waals surface area contributed by atoms with Crippen molar-refractivity contribution in [3.05, 3.63) is 81.3 Å². The minimum atomic E-state index is -1.26. The molecule has 3 rings (SSSR count). The maximum Gasteiger partial charge on any atom is 0.414 e. The predicted molar refractivity (Wildman–Crippen MR) is 131 cm³/mol. The number of carboxylic acid groups (broad SMARTS) is 1. The molecule has 8 nitrogen and oxygen atoms in total. The SMILES string of the molecule is CCOC(=O)N(CC(=O)O)c1cc(Cl)c(Oc2ccc(O)c(C(=O)c3ccc(C)cc3)c2)c(Cl)c1. The van der Waals surface area contributed by atoms with E-state index in [0.717, 1.165) is 10.5 Å². The van der Waals surface area contributed by atoms with Crippen LogP contribution in [0.4, 0.5) is 10.5 Å². The average Bonchev–Trinajstić information content (AvgIpc) is 2.80. The summed E-state index contributed by atoms with van der Waals surface area (Å²) in [5, 5.41) is 19.3. The maximum absolute atomic E-state index is 12.9. The summed E-state index contributed by atoms with van der Waals surface area (Å²) in [4.78, 5) is 37.2. The van der Waals surface area contributed by atoms with Crippen molar-refractivity contribution in [1.29, 1.82) is 0 Å². The number of hydrogen-bond acceptors (Lipinski definition) is 6.